The van der Waals surface area contributed by atoms with E-state index < -0.39 is 0 Å². The monoisotopic (exact) mass is 304 g/mol. The van der Waals surface area contributed by atoms with Crippen molar-refractivity contribution in [2.45, 2.75) is 39.8 Å². The van der Waals surface area contributed by atoms with Gasteiger partial charge in [0.25, 0.3) is 0 Å². The van der Waals surface area contributed by atoms with Gasteiger partial charge in [0.1, 0.15) is 0 Å². The van der Waals surface area contributed by atoms with Crippen LogP contribution in [0.4, 0.5) is 0 Å². The maximum Gasteiger partial charge on any atom is 0.0896 e. The smallest absolute Gasteiger partial charge is 0.0896 e. The van der Waals surface area contributed by atoms with Crippen LogP contribution in [0.2, 0.25) is 0 Å². The summed E-state index contributed by atoms with van der Waals surface area (Å²) in [4.78, 5) is 0. The van der Waals surface area contributed by atoms with E-state index in [0.29, 0.717) is 6.61 Å². The molecule has 0 aliphatic rings. The van der Waals surface area contributed by atoms with Gasteiger partial charge < -0.3 is 9.47 Å². The fourth-order valence-electron chi connectivity index (χ4n) is 1.63. The van der Waals surface area contributed by atoms with Crippen molar-refractivity contribution < 1.29 is 9.47 Å². The van der Waals surface area contributed by atoms with E-state index in [1.54, 1.807) is 7.11 Å². The van der Waals surface area contributed by atoms with Crippen molar-refractivity contribution in [2.75, 3.05) is 20.3 Å². The molecule has 0 aliphatic heterocycles. The molecule has 0 unspecified atom stereocenters. The maximum atomic E-state index is 5.63. The first-order chi connectivity index (χ1) is 8.24. The summed E-state index contributed by atoms with van der Waals surface area (Å²) in [5.41, 5.74) is 2.23. The molecule has 0 N–H and O–H groups in total. The summed E-state index contributed by atoms with van der Waals surface area (Å²) in [6.07, 6.45) is 1.86. The third kappa shape index (κ3) is 4.08. The molecule has 1 aromatic heterocycles. The average Bonchev–Trinajstić information content (AvgIpc) is 2.65. The Labute approximate surface area is 111 Å². The molecule has 0 radical (unpaired) electrons. The van der Waals surface area contributed by atoms with Gasteiger partial charge in [-0.15, -0.1) is 0 Å². The topological polar surface area (TPSA) is 36.3 Å². The minimum absolute atomic E-state index is 0.602. The fraction of sp³-hybridized carbons (Fsp3) is 0.750. The van der Waals surface area contributed by atoms with Crippen molar-refractivity contribution in [3.05, 3.63) is 15.9 Å². The Morgan fingerprint density at radius 1 is 1.29 bits per heavy atom. The lowest BCUT2D eigenvalue weighted by Crippen LogP contribution is -2.06. The molecule has 0 fully saturated rings. The average molecular weight is 305 g/mol. The van der Waals surface area contributed by atoms with E-state index in [2.05, 4.69) is 34.9 Å². The van der Waals surface area contributed by atoms with Gasteiger partial charge in [0, 0.05) is 26.9 Å². The second-order valence-corrected chi connectivity index (χ2v) is 4.57. The van der Waals surface area contributed by atoms with Gasteiger partial charge >= 0.3 is 0 Å². The van der Waals surface area contributed by atoms with Crippen LogP contribution >= 0.6 is 15.9 Å². The van der Waals surface area contributed by atoms with Crippen LogP contribution in [-0.2, 0) is 29.0 Å². The summed E-state index contributed by atoms with van der Waals surface area (Å²) in [5.74, 6) is 0. The number of ether oxygens (including phenoxy) is 2. The third-order valence-corrected chi connectivity index (χ3v) is 3.49. The highest BCUT2D eigenvalue weighted by molar-refractivity contribution is 9.10. The molecule has 0 bridgehead atoms. The van der Waals surface area contributed by atoms with E-state index in [4.69, 9.17) is 9.47 Å². The zero-order chi connectivity index (χ0) is 12.7. The van der Waals surface area contributed by atoms with E-state index in [9.17, 15) is 0 Å². The molecular formula is C12H21BrN2O2. The number of methoxy groups -OCH3 is 1. The molecule has 0 aromatic carbocycles. The van der Waals surface area contributed by atoms with Gasteiger partial charge in [-0.1, -0.05) is 6.92 Å². The zero-order valence-electron chi connectivity index (χ0n) is 10.8. The molecule has 1 aromatic rings. The molecule has 98 valence electrons. The minimum Gasteiger partial charge on any atom is -0.385 e. The van der Waals surface area contributed by atoms with Crippen molar-refractivity contribution in [2.24, 2.45) is 0 Å². The van der Waals surface area contributed by atoms with E-state index in [1.165, 1.54) is 0 Å². The highest BCUT2D eigenvalue weighted by Gasteiger charge is 2.13. The number of hydrogen-bond acceptors (Lipinski definition) is 3. The first kappa shape index (κ1) is 14.7. The highest BCUT2D eigenvalue weighted by atomic mass is 79.9. The van der Waals surface area contributed by atoms with Gasteiger partial charge in [-0.05, 0) is 35.7 Å². The van der Waals surface area contributed by atoms with Crippen LogP contribution in [0.1, 0.15) is 31.7 Å². The summed E-state index contributed by atoms with van der Waals surface area (Å²) < 4.78 is 13.7. The maximum absolute atomic E-state index is 5.63. The third-order valence-electron chi connectivity index (χ3n) is 2.57. The number of hydrogen-bond donors (Lipinski definition) is 0. The normalized spacial score (nSPS) is 11.1. The molecule has 0 saturated carbocycles. The molecular weight excluding hydrogens is 284 g/mol. The predicted octanol–water partition coefficient (Wildman–Crippen LogP) is 2.78. The van der Waals surface area contributed by atoms with Crippen molar-refractivity contribution in [1.29, 1.82) is 0 Å². The Balaban J connectivity index is 2.54. The minimum atomic E-state index is 0.602. The fourth-order valence-corrected chi connectivity index (χ4v) is 2.31. The van der Waals surface area contributed by atoms with Crippen molar-refractivity contribution in [1.82, 2.24) is 9.78 Å². The largest absolute Gasteiger partial charge is 0.385 e. The lowest BCUT2D eigenvalue weighted by molar-refractivity contribution is 0.0886. The molecule has 17 heavy (non-hydrogen) atoms. The van der Waals surface area contributed by atoms with Crippen molar-refractivity contribution in [3.8, 4) is 0 Å². The number of halogens is 1. The van der Waals surface area contributed by atoms with Gasteiger partial charge in [-0.25, -0.2) is 0 Å². The highest BCUT2D eigenvalue weighted by Crippen LogP contribution is 2.22. The zero-order valence-corrected chi connectivity index (χ0v) is 12.4. The van der Waals surface area contributed by atoms with Gasteiger partial charge in [0.2, 0.25) is 0 Å². The van der Waals surface area contributed by atoms with E-state index in [0.717, 1.165) is 48.5 Å². The van der Waals surface area contributed by atoms with E-state index in [1.807, 2.05) is 4.68 Å². The first-order valence-electron chi connectivity index (χ1n) is 6.05. The summed E-state index contributed by atoms with van der Waals surface area (Å²) in [5, 5.41) is 4.53. The lowest BCUT2D eigenvalue weighted by Gasteiger charge is -2.06. The quantitative estimate of drug-likeness (QED) is 0.693. The van der Waals surface area contributed by atoms with Crippen molar-refractivity contribution in [3.63, 3.8) is 0 Å². The molecule has 4 nitrogen and oxygen atoms in total. The van der Waals surface area contributed by atoms with E-state index in [-0.39, 0.29) is 0 Å². The van der Waals surface area contributed by atoms with Crippen LogP contribution in [0.5, 0.6) is 0 Å². The summed E-state index contributed by atoms with van der Waals surface area (Å²) in [6, 6.07) is 0. The second kappa shape index (κ2) is 7.84. The van der Waals surface area contributed by atoms with Crippen LogP contribution < -0.4 is 0 Å². The van der Waals surface area contributed by atoms with Gasteiger partial charge in [-0.3, -0.25) is 4.68 Å². The molecule has 0 spiro atoms. The Hall–Kier alpha value is -0.390. The van der Waals surface area contributed by atoms with Gasteiger partial charge in [0.15, 0.2) is 0 Å². The van der Waals surface area contributed by atoms with Crippen LogP contribution in [0, 0.1) is 0 Å². The van der Waals surface area contributed by atoms with Crippen molar-refractivity contribution >= 4 is 15.9 Å². The molecule has 0 atom stereocenters. The van der Waals surface area contributed by atoms with E-state index >= 15 is 0 Å². The number of aryl methyl sites for hydroxylation is 2. The number of aromatic nitrogens is 2. The summed E-state index contributed by atoms with van der Waals surface area (Å²) in [6.45, 7) is 7.13. The Kier molecular flexibility index (Phi) is 6.77. The lowest BCUT2D eigenvalue weighted by atomic mass is 10.3. The molecule has 5 heteroatoms. The van der Waals surface area contributed by atoms with Crippen LogP contribution in [0.25, 0.3) is 0 Å². The second-order valence-electron chi connectivity index (χ2n) is 3.78. The summed E-state index contributed by atoms with van der Waals surface area (Å²) in [7, 11) is 1.70. The molecule has 0 aliphatic carbocycles. The van der Waals surface area contributed by atoms with Crippen LogP contribution in [0.3, 0.4) is 0 Å². The molecule has 0 saturated heterocycles. The predicted molar refractivity (Wildman–Crippen MR) is 71.1 cm³/mol. The molecule has 1 rings (SSSR count). The number of nitrogens with zero attached hydrogens (tertiary/aromatic N) is 2. The Bertz CT molecular complexity index is 339. The van der Waals surface area contributed by atoms with Crippen LogP contribution in [-0.4, -0.2) is 30.1 Å². The van der Waals surface area contributed by atoms with Gasteiger partial charge in [0.05, 0.1) is 22.5 Å². The Morgan fingerprint density at radius 2 is 2.06 bits per heavy atom. The van der Waals surface area contributed by atoms with Crippen LogP contribution in [0.15, 0.2) is 4.47 Å². The molecule has 0 amide bonds. The summed E-state index contributed by atoms with van der Waals surface area (Å²) >= 11 is 3.60. The SMILES string of the molecule is CCc1nn(CC)c(COCCCOC)c1Br. The standard InChI is InChI=1S/C12H21BrN2O2/c1-4-10-12(13)11(15(5-2)14-10)9-17-8-6-7-16-3/h4-9H2,1-3H3. The van der Waals surface area contributed by atoms with Gasteiger partial charge in [-0.2, -0.15) is 5.10 Å². The first-order valence-corrected chi connectivity index (χ1v) is 6.84. The number of rotatable bonds is 8. The Morgan fingerprint density at radius 3 is 2.65 bits per heavy atom. The molecule has 1 heterocycles.